The lowest BCUT2D eigenvalue weighted by Crippen LogP contribution is -2.46. The Kier molecular flexibility index (Phi) is 8.68. The molecule has 1 aromatic carbocycles. The molecule has 1 saturated heterocycles. The van der Waals surface area contributed by atoms with Crippen LogP contribution in [0.3, 0.4) is 0 Å². The highest BCUT2D eigenvalue weighted by Crippen LogP contribution is 2.18. The predicted octanol–water partition coefficient (Wildman–Crippen LogP) is 1.79. The van der Waals surface area contributed by atoms with Crippen molar-refractivity contribution in [2.45, 2.75) is 6.54 Å². The molecule has 0 atom stereocenters. The summed E-state index contributed by atoms with van der Waals surface area (Å²) in [5, 5.41) is 19.4. The molecular weight excluding hydrogens is 404 g/mol. The van der Waals surface area contributed by atoms with E-state index in [4.69, 9.17) is 16.2 Å². The Morgan fingerprint density at radius 1 is 1.16 bits per heavy atom. The second kappa shape index (κ2) is 11.9. The number of amides is 1. The van der Waals surface area contributed by atoms with E-state index in [9.17, 15) is 4.79 Å². The summed E-state index contributed by atoms with van der Waals surface area (Å²) in [5.74, 6) is -0.249. The van der Waals surface area contributed by atoms with Gasteiger partial charge in [-0.2, -0.15) is 0 Å². The number of rotatable bonds is 9. The Balaban J connectivity index is 1.54. The lowest BCUT2D eigenvalue weighted by molar-refractivity contribution is -0.111. The number of aromatic nitrogens is 1. The van der Waals surface area contributed by atoms with Crippen molar-refractivity contribution in [3.8, 4) is 0 Å². The number of piperazine rings is 1. The van der Waals surface area contributed by atoms with Crippen LogP contribution < -0.4 is 11.1 Å². The Morgan fingerprint density at radius 3 is 2.53 bits per heavy atom. The Bertz CT molecular complexity index is 963. The summed E-state index contributed by atoms with van der Waals surface area (Å²) >= 11 is 0. The van der Waals surface area contributed by atoms with Gasteiger partial charge in [0.1, 0.15) is 0 Å². The second-order valence-corrected chi connectivity index (χ2v) is 7.59. The van der Waals surface area contributed by atoms with Crippen LogP contribution in [-0.4, -0.2) is 71.3 Å². The molecule has 1 aliphatic rings. The Morgan fingerprint density at radius 2 is 1.88 bits per heavy atom. The van der Waals surface area contributed by atoms with E-state index in [0.717, 1.165) is 50.5 Å². The fraction of sp³-hybridized carbons (Fsp3) is 0.292. The average molecular weight is 435 g/mol. The standard InChI is InChI=1S/C24H30N6O2/c25-15-21(16-26)23-7-8-27-17-20(23)3-6-24(32)28-22-4-1-19(2-5-22)18-30-11-9-29(10-12-30)13-14-31/h1-8,15-17,25,31H,9-14,18,26H2,(H,28,32)/b6-3+,21-16+,25-15?. The van der Waals surface area contributed by atoms with Crippen molar-refractivity contribution in [3.05, 3.63) is 71.7 Å². The third-order valence-electron chi connectivity index (χ3n) is 5.42. The highest BCUT2D eigenvalue weighted by Gasteiger charge is 2.16. The highest BCUT2D eigenvalue weighted by atomic mass is 16.3. The van der Waals surface area contributed by atoms with Gasteiger partial charge >= 0.3 is 0 Å². The summed E-state index contributed by atoms with van der Waals surface area (Å²) in [6.07, 6.45) is 8.88. The first-order valence-electron chi connectivity index (χ1n) is 10.6. The van der Waals surface area contributed by atoms with Crippen LogP contribution in [-0.2, 0) is 11.3 Å². The molecule has 1 amide bonds. The predicted molar refractivity (Wildman–Crippen MR) is 128 cm³/mol. The van der Waals surface area contributed by atoms with E-state index in [1.54, 1.807) is 24.5 Å². The molecule has 8 heteroatoms. The van der Waals surface area contributed by atoms with Crippen LogP contribution in [0, 0.1) is 5.41 Å². The smallest absolute Gasteiger partial charge is 0.248 e. The number of β-amino-alcohol motifs (C(OH)–C–C–N with tert-alkyl or cyclic N) is 1. The van der Waals surface area contributed by atoms with E-state index in [0.29, 0.717) is 11.1 Å². The third-order valence-corrected chi connectivity index (χ3v) is 5.42. The maximum Gasteiger partial charge on any atom is 0.248 e. The molecule has 0 radical (unpaired) electrons. The van der Waals surface area contributed by atoms with Gasteiger partial charge in [-0.3, -0.25) is 19.6 Å². The Hall–Kier alpha value is -3.33. The number of hydrogen-bond donors (Lipinski definition) is 4. The normalized spacial score (nSPS) is 15.7. The van der Waals surface area contributed by atoms with Gasteiger partial charge in [0.05, 0.1) is 6.61 Å². The van der Waals surface area contributed by atoms with Gasteiger partial charge < -0.3 is 21.6 Å². The van der Waals surface area contributed by atoms with Gasteiger partial charge in [-0.05, 0) is 35.4 Å². The number of aliphatic hydroxyl groups is 1. The van der Waals surface area contributed by atoms with E-state index >= 15 is 0 Å². The van der Waals surface area contributed by atoms with Crippen molar-refractivity contribution in [1.29, 1.82) is 5.41 Å². The number of nitrogens with zero attached hydrogens (tertiary/aromatic N) is 3. The van der Waals surface area contributed by atoms with Crippen molar-refractivity contribution < 1.29 is 9.90 Å². The fourth-order valence-corrected chi connectivity index (χ4v) is 3.63. The number of anilines is 1. The molecule has 0 saturated carbocycles. The summed E-state index contributed by atoms with van der Waals surface area (Å²) in [6, 6.07) is 9.63. The average Bonchev–Trinajstić information content (AvgIpc) is 2.82. The van der Waals surface area contributed by atoms with Crippen molar-refractivity contribution in [2.75, 3.05) is 44.6 Å². The van der Waals surface area contributed by atoms with Crippen molar-refractivity contribution in [1.82, 2.24) is 14.8 Å². The first-order valence-corrected chi connectivity index (χ1v) is 10.6. The van der Waals surface area contributed by atoms with Crippen LogP contribution in [0.1, 0.15) is 16.7 Å². The molecule has 0 spiro atoms. The number of benzene rings is 1. The molecule has 2 aromatic rings. The summed E-state index contributed by atoms with van der Waals surface area (Å²) in [6.45, 7) is 5.74. The monoisotopic (exact) mass is 434 g/mol. The minimum atomic E-state index is -0.249. The molecule has 8 nitrogen and oxygen atoms in total. The molecule has 168 valence electrons. The number of nitrogens with one attached hydrogen (secondary N) is 2. The topological polar surface area (TPSA) is 119 Å². The molecule has 3 rings (SSSR count). The highest BCUT2D eigenvalue weighted by molar-refractivity contribution is 6.10. The van der Waals surface area contributed by atoms with Gasteiger partial charge in [-0.15, -0.1) is 0 Å². The van der Waals surface area contributed by atoms with Crippen LogP contribution in [0.15, 0.2) is 55.0 Å². The zero-order valence-electron chi connectivity index (χ0n) is 18.1. The van der Waals surface area contributed by atoms with Gasteiger partial charge in [0.2, 0.25) is 5.91 Å². The maximum atomic E-state index is 12.4. The number of aliphatic hydroxyl groups excluding tert-OH is 1. The molecule has 0 unspecified atom stereocenters. The summed E-state index contributed by atoms with van der Waals surface area (Å²) in [7, 11) is 0. The minimum absolute atomic E-state index is 0.210. The van der Waals surface area contributed by atoms with E-state index < -0.39 is 0 Å². The van der Waals surface area contributed by atoms with Crippen LogP contribution in [0.5, 0.6) is 0 Å². The van der Waals surface area contributed by atoms with E-state index in [1.165, 1.54) is 24.1 Å². The van der Waals surface area contributed by atoms with Crippen LogP contribution >= 0.6 is 0 Å². The van der Waals surface area contributed by atoms with Gasteiger partial charge in [-0.1, -0.05) is 12.1 Å². The van der Waals surface area contributed by atoms with Crippen LogP contribution in [0.2, 0.25) is 0 Å². The molecule has 1 aromatic heterocycles. The third kappa shape index (κ3) is 6.58. The van der Waals surface area contributed by atoms with Crippen molar-refractivity contribution in [3.63, 3.8) is 0 Å². The zero-order valence-corrected chi connectivity index (χ0v) is 18.1. The molecule has 32 heavy (non-hydrogen) atoms. The minimum Gasteiger partial charge on any atom is -0.404 e. The zero-order chi connectivity index (χ0) is 22.8. The van der Waals surface area contributed by atoms with E-state index in [-0.39, 0.29) is 12.5 Å². The largest absolute Gasteiger partial charge is 0.404 e. The van der Waals surface area contributed by atoms with E-state index in [2.05, 4.69) is 20.1 Å². The molecule has 0 bridgehead atoms. The SMILES string of the molecule is N=C/C(=C\N)c1ccncc1/C=C/C(=O)Nc1ccc(CN2CCN(CCO)CC2)cc1. The molecule has 0 aliphatic carbocycles. The van der Waals surface area contributed by atoms with Gasteiger partial charge in [0.25, 0.3) is 0 Å². The van der Waals surface area contributed by atoms with Crippen molar-refractivity contribution in [2.24, 2.45) is 5.73 Å². The quantitative estimate of drug-likeness (QED) is 0.353. The van der Waals surface area contributed by atoms with Gasteiger partial charge in [0.15, 0.2) is 0 Å². The lowest BCUT2D eigenvalue weighted by atomic mass is 10.0. The fourth-order valence-electron chi connectivity index (χ4n) is 3.63. The Labute approximate surface area is 188 Å². The molecule has 2 heterocycles. The van der Waals surface area contributed by atoms with Gasteiger partial charge in [0, 0.05) is 87.0 Å². The maximum absolute atomic E-state index is 12.4. The molecule has 1 aliphatic heterocycles. The number of carbonyl (C=O) groups excluding carboxylic acids is 1. The first kappa shape index (κ1) is 23.3. The molecule has 1 fully saturated rings. The molecular formula is C24H30N6O2. The first-order chi connectivity index (χ1) is 15.6. The summed E-state index contributed by atoms with van der Waals surface area (Å²) in [4.78, 5) is 21.1. The van der Waals surface area contributed by atoms with Crippen LogP contribution in [0.4, 0.5) is 5.69 Å². The second-order valence-electron chi connectivity index (χ2n) is 7.59. The molecule has 5 N–H and O–H groups in total. The lowest BCUT2D eigenvalue weighted by Gasteiger charge is -2.34. The number of hydrogen-bond acceptors (Lipinski definition) is 7. The van der Waals surface area contributed by atoms with Crippen LogP contribution in [0.25, 0.3) is 11.6 Å². The number of carbonyl (C=O) groups is 1. The summed E-state index contributed by atoms with van der Waals surface area (Å²) < 4.78 is 0. The summed E-state index contributed by atoms with van der Waals surface area (Å²) in [5.41, 5.74) is 9.50. The number of nitrogens with two attached hydrogens (primary N) is 1. The number of allylic oxidation sites excluding steroid dienone is 1. The van der Waals surface area contributed by atoms with Crippen molar-refractivity contribution >= 4 is 29.5 Å². The van der Waals surface area contributed by atoms with Gasteiger partial charge in [-0.25, -0.2) is 0 Å². The number of pyridine rings is 1. The van der Waals surface area contributed by atoms with E-state index in [1.807, 2.05) is 24.3 Å².